The molecule has 0 aliphatic heterocycles. The van der Waals surface area contributed by atoms with Crippen molar-refractivity contribution in [1.29, 1.82) is 0 Å². The molecule has 0 radical (unpaired) electrons. The Balaban J connectivity index is 2.25. The molecule has 0 spiro atoms. The topological polar surface area (TPSA) is 33.2 Å². The van der Waals surface area contributed by atoms with Crippen molar-refractivity contribution in [3.8, 4) is 0 Å². The van der Waals surface area contributed by atoms with Gasteiger partial charge in [-0.1, -0.05) is 43.3 Å². The molecule has 0 aliphatic carbocycles. The van der Waals surface area contributed by atoms with Crippen LogP contribution in [0.4, 0.5) is 0 Å². The first-order valence-electron chi connectivity index (χ1n) is 7.40. The van der Waals surface area contributed by atoms with Crippen LogP contribution < -0.4 is 0 Å². The molecule has 3 nitrogen and oxygen atoms in total. The second-order valence-corrected chi connectivity index (χ2v) is 5.34. The van der Waals surface area contributed by atoms with Crippen LogP contribution in [-0.2, 0) is 6.54 Å². The number of hydrogen-bond acceptors (Lipinski definition) is 2. The van der Waals surface area contributed by atoms with Gasteiger partial charge in [0.2, 0.25) is 0 Å². The maximum atomic E-state index is 12.8. The zero-order valence-electron chi connectivity index (χ0n) is 12.9. The van der Waals surface area contributed by atoms with Gasteiger partial charge in [-0.2, -0.15) is 0 Å². The van der Waals surface area contributed by atoms with Gasteiger partial charge in [-0.3, -0.25) is 4.79 Å². The molecule has 1 aromatic heterocycles. The van der Waals surface area contributed by atoms with Crippen molar-refractivity contribution in [3.05, 3.63) is 65.5 Å². The van der Waals surface area contributed by atoms with E-state index >= 15 is 0 Å². The molecule has 21 heavy (non-hydrogen) atoms. The lowest BCUT2D eigenvalue weighted by atomic mass is 10.1. The number of aryl methyl sites for hydroxylation is 1. The lowest BCUT2D eigenvalue weighted by Crippen LogP contribution is -2.38. The van der Waals surface area contributed by atoms with Crippen LogP contribution in [-0.4, -0.2) is 21.8 Å². The average molecular weight is 282 g/mol. The molecule has 0 aliphatic rings. The van der Waals surface area contributed by atoms with Crippen molar-refractivity contribution < 1.29 is 4.79 Å². The highest BCUT2D eigenvalue weighted by Gasteiger charge is 2.21. The lowest BCUT2D eigenvalue weighted by Gasteiger charge is -2.28. The monoisotopic (exact) mass is 282 g/mol. The molecule has 1 heterocycles. The van der Waals surface area contributed by atoms with E-state index < -0.39 is 0 Å². The number of amides is 1. The molecular formula is C18H22N2O. The summed E-state index contributed by atoms with van der Waals surface area (Å²) in [5.41, 5.74) is 2.52. The number of aromatic nitrogens is 1. The number of benzene rings is 1. The molecular weight excluding hydrogens is 260 g/mol. The maximum Gasteiger partial charge on any atom is 0.272 e. The van der Waals surface area contributed by atoms with E-state index in [9.17, 15) is 4.79 Å². The Labute approximate surface area is 126 Å². The first-order chi connectivity index (χ1) is 10.1. The van der Waals surface area contributed by atoms with Crippen molar-refractivity contribution in [2.24, 2.45) is 0 Å². The van der Waals surface area contributed by atoms with Gasteiger partial charge < -0.3 is 4.90 Å². The molecule has 1 amide bonds. The van der Waals surface area contributed by atoms with Crippen molar-refractivity contribution in [1.82, 2.24) is 9.88 Å². The Hall–Kier alpha value is -2.16. The van der Waals surface area contributed by atoms with E-state index in [4.69, 9.17) is 0 Å². The highest BCUT2D eigenvalue weighted by molar-refractivity contribution is 5.92. The highest BCUT2D eigenvalue weighted by atomic mass is 16.2. The van der Waals surface area contributed by atoms with Gasteiger partial charge >= 0.3 is 0 Å². The molecule has 2 aromatic rings. The lowest BCUT2D eigenvalue weighted by molar-refractivity contribution is 0.0665. The molecule has 1 atom stereocenters. The van der Waals surface area contributed by atoms with Gasteiger partial charge in [0.05, 0.1) is 0 Å². The van der Waals surface area contributed by atoms with Crippen LogP contribution in [0.25, 0.3) is 0 Å². The molecule has 0 N–H and O–H groups in total. The van der Waals surface area contributed by atoms with Gasteiger partial charge in [0, 0.05) is 18.3 Å². The third kappa shape index (κ3) is 3.91. The first-order valence-corrected chi connectivity index (χ1v) is 7.40. The zero-order valence-corrected chi connectivity index (χ0v) is 12.9. The Morgan fingerprint density at radius 3 is 2.48 bits per heavy atom. The minimum atomic E-state index is -0.00287. The van der Waals surface area contributed by atoms with Gasteiger partial charge in [-0.15, -0.1) is 0 Å². The zero-order chi connectivity index (χ0) is 15.2. The molecule has 0 bridgehead atoms. The quantitative estimate of drug-likeness (QED) is 0.835. The fourth-order valence-electron chi connectivity index (χ4n) is 2.24. The maximum absolute atomic E-state index is 12.8. The summed E-state index contributed by atoms with van der Waals surface area (Å²) in [6.07, 6.45) is 0.921. The third-order valence-corrected chi connectivity index (χ3v) is 3.69. The number of rotatable bonds is 5. The van der Waals surface area contributed by atoms with Crippen LogP contribution in [0.1, 0.15) is 42.0 Å². The minimum Gasteiger partial charge on any atom is -0.330 e. The summed E-state index contributed by atoms with van der Waals surface area (Å²) in [6, 6.07) is 15.8. The number of hydrogen-bond donors (Lipinski definition) is 0. The summed E-state index contributed by atoms with van der Waals surface area (Å²) in [7, 11) is 0. The van der Waals surface area contributed by atoms with E-state index in [0.29, 0.717) is 12.2 Å². The smallest absolute Gasteiger partial charge is 0.272 e. The number of pyridine rings is 1. The Bertz CT molecular complexity index is 595. The van der Waals surface area contributed by atoms with E-state index in [1.807, 2.05) is 54.3 Å². The highest BCUT2D eigenvalue weighted by Crippen LogP contribution is 2.14. The van der Waals surface area contributed by atoms with Crippen LogP contribution in [0.5, 0.6) is 0 Å². The van der Waals surface area contributed by atoms with Gasteiger partial charge in [0.15, 0.2) is 0 Å². The van der Waals surface area contributed by atoms with Crippen molar-refractivity contribution in [3.63, 3.8) is 0 Å². The van der Waals surface area contributed by atoms with Gasteiger partial charge in [0.25, 0.3) is 5.91 Å². The Morgan fingerprint density at radius 1 is 1.14 bits per heavy atom. The fourth-order valence-corrected chi connectivity index (χ4v) is 2.24. The van der Waals surface area contributed by atoms with E-state index in [1.165, 1.54) is 0 Å². The Morgan fingerprint density at radius 2 is 1.86 bits per heavy atom. The largest absolute Gasteiger partial charge is 0.330 e. The van der Waals surface area contributed by atoms with Crippen molar-refractivity contribution >= 4 is 5.91 Å². The van der Waals surface area contributed by atoms with E-state index in [2.05, 4.69) is 18.8 Å². The summed E-state index contributed by atoms with van der Waals surface area (Å²) in [4.78, 5) is 19.0. The number of nitrogens with zero attached hydrogens (tertiary/aromatic N) is 2. The average Bonchev–Trinajstić information content (AvgIpc) is 2.52. The Kier molecular flexibility index (Phi) is 5.09. The van der Waals surface area contributed by atoms with Crippen LogP contribution >= 0.6 is 0 Å². The summed E-state index contributed by atoms with van der Waals surface area (Å²) < 4.78 is 0. The van der Waals surface area contributed by atoms with Crippen LogP contribution in [0.2, 0.25) is 0 Å². The molecule has 1 aromatic carbocycles. The number of carbonyl (C=O) groups excluding carboxylic acids is 1. The van der Waals surface area contributed by atoms with Gasteiger partial charge in [-0.05, 0) is 38.0 Å². The normalized spacial score (nSPS) is 12.0. The molecule has 0 saturated carbocycles. The van der Waals surface area contributed by atoms with Crippen LogP contribution in [0.15, 0.2) is 48.5 Å². The summed E-state index contributed by atoms with van der Waals surface area (Å²) in [5.74, 6) is -0.00287. The minimum absolute atomic E-state index is 0.00287. The van der Waals surface area contributed by atoms with Gasteiger partial charge in [0.1, 0.15) is 5.69 Å². The molecule has 110 valence electrons. The summed E-state index contributed by atoms with van der Waals surface area (Å²) >= 11 is 0. The molecule has 1 unspecified atom stereocenters. The summed E-state index contributed by atoms with van der Waals surface area (Å²) in [6.45, 7) is 6.70. The molecule has 3 heteroatoms. The third-order valence-electron chi connectivity index (χ3n) is 3.69. The SMILES string of the molecule is CCC(C)N(Cc1ccccc1)C(=O)c1cccc(C)n1. The molecule has 0 saturated heterocycles. The first kappa shape index (κ1) is 15.2. The second kappa shape index (κ2) is 7.02. The summed E-state index contributed by atoms with van der Waals surface area (Å²) in [5, 5.41) is 0. The van der Waals surface area contributed by atoms with Crippen LogP contribution in [0.3, 0.4) is 0 Å². The number of carbonyl (C=O) groups is 1. The van der Waals surface area contributed by atoms with E-state index in [0.717, 1.165) is 17.7 Å². The molecule has 2 rings (SSSR count). The predicted molar refractivity (Wildman–Crippen MR) is 85.0 cm³/mol. The van der Waals surface area contributed by atoms with E-state index in [-0.39, 0.29) is 11.9 Å². The predicted octanol–water partition coefficient (Wildman–Crippen LogP) is 3.83. The van der Waals surface area contributed by atoms with Gasteiger partial charge in [-0.25, -0.2) is 4.98 Å². The van der Waals surface area contributed by atoms with E-state index in [1.54, 1.807) is 6.07 Å². The van der Waals surface area contributed by atoms with Crippen LogP contribution in [0, 0.1) is 6.92 Å². The standard InChI is InChI=1S/C18H22N2O/c1-4-15(3)20(13-16-10-6-5-7-11-16)18(21)17-12-8-9-14(2)19-17/h5-12,15H,4,13H2,1-3H3. The second-order valence-electron chi connectivity index (χ2n) is 5.34. The molecule has 0 fully saturated rings. The van der Waals surface area contributed by atoms with Crippen molar-refractivity contribution in [2.75, 3.05) is 0 Å². The fraction of sp³-hybridized carbons (Fsp3) is 0.333. The van der Waals surface area contributed by atoms with Crippen molar-refractivity contribution in [2.45, 2.75) is 39.8 Å².